The molecule has 0 saturated heterocycles. The monoisotopic (exact) mass is 311 g/mol. The van der Waals surface area contributed by atoms with Crippen LogP contribution in [0.15, 0.2) is 18.2 Å². The first-order valence-corrected chi connectivity index (χ1v) is 8.68. The molecule has 1 N–H and O–H groups in total. The number of hydrogen-bond donors (Lipinski definition) is 1. The van der Waals surface area contributed by atoms with Gasteiger partial charge in [-0.25, -0.2) is 0 Å². The maximum absolute atomic E-state index is 6.22. The highest BCUT2D eigenvalue weighted by Crippen LogP contribution is 2.38. The Hall–Kier alpha value is -0.240. The molecule has 2 aliphatic rings. The fourth-order valence-corrected chi connectivity index (χ4v) is 3.72. The molecule has 0 bridgehead atoms. The largest absolute Gasteiger partial charge is 0.313 e. The van der Waals surface area contributed by atoms with Crippen molar-refractivity contribution >= 4 is 23.2 Å². The molecule has 110 valence electrons. The minimum atomic E-state index is 0.589. The Labute approximate surface area is 132 Å². The van der Waals surface area contributed by atoms with Crippen molar-refractivity contribution in [3.05, 3.63) is 33.8 Å². The van der Waals surface area contributed by atoms with Crippen molar-refractivity contribution < 1.29 is 0 Å². The van der Waals surface area contributed by atoms with E-state index in [-0.39, 0.29) is 0 Å². The predicted molar refractivity (Wildman–Crippen MR) is 86.8 cm³/mol. The van der Waals surface area contributed by atoms with Crippen LogP contribution in [0, 0.1) is 5.92 Å². The molecule has 2 aliphatic carbocycles. The molecule has 0 amide bonds. The summed E-state index contributed by atoms with van der Waals surface area (Å²) in [6, 6.07) is 6.97. The minimum Gasteiger partial charge on any atom is -0.313 e. The summed E-state index contributed by atoms with van der Waals surface area (Å²) in [5.41, 5.74) is 1.36. The van der Waals surface area contributed by atoms with Crippen LogP contribution < -0.4 is 5.32 Å². The van der Waals surface area contributed by atoms with Gasteiger partial charge in [0, 0.05) is 12.6 Å². The van der Waals surface area contributed by atoms with Crippen LogP contribution >= 0.6 is 23.2 Å². The van der Waals surface area contributed by atoms with Crippen LogP contribution in [0.3, 0.4) is 0 Å². The van der Waals surface area contributed by atoms with Gasteiger partial charge in [-0.2, -0.15) is 0 Å². The summed E-state index contributed by atoms with van der Waals surface area (Å²) in [5.74, 6) is 1.39. The van der Waals surface area contributed by atoms with Gasteiger partial charge in [0.1, 0.15) is 0 Å². The lowest BCUT2D eigenvalue weighted by atomic mass is 9.76. The average Bonchev–Trinajstić information content (AvgIpc) is 3.28. The molecule has 0 radical (unpaired) electrons. The third-order valence-electron chi connectivity index (χ3n) is 4.79. The second kappa shape index (κ2) is 6.68. The van der Waals surface area contributed by atoms with Crippen LogP contribution in [0.2, 0.25) is 10.0 Å². The summed E-state index contributed by atoms with van der Waals surface area (Å²) in [6.45, 7) is 1.09. The van der Waals surface area contributed by atoms with E-state index in [1.54, 1.807) is 0 Å². The smallest absolute Gasteiger partial charge is 0.0595 e. The molecule has 0 spiro atoms. The first kappa shape index (κ1) is 14.7. The molecule has 1 aromatic rings. The predicted octanol–water partition coefficient (Wildman–Crippen LogP) is 5.41. The van der Waals surface area contributed by atoms with Gasteiger partial charge in [0.25, 0.3) is 0 Å². The molecule has 1 aromatic carbocycles. The Morgan fingerprint density at radius 2 is 1.75 bits per heavy atom. The van der Waals surface area contributed by atoms with Crippen LogP contribution in [0.4, 0.5) is 0 Å². The van der Waals surface area contributed by atoms with E-state index in [2.05, 4.69) is 17.4 Å². The highest BCUT2D eigenvalue weighted by molar-refractivity contribution is 6.42. The molecule has 1 nitrogen and oxygen atoms in total. The highest BCUT2D eigenvalue weighted by atomic mass is 35.5. The summed E-state index contributed by atoms with van der Waals surface area (Å²) in [6.07, 6.45) is 9.57. The van der Waals surface area contributed by atoms with E-state index in [9.17, 15) is 0 Å². The van der Waals surface area contributed by atoms with Crippen molar-refractivity contribution in [3.8, 4) is 0 Å². The van der Waals surface area contributed by atoms with Crippen LogP contribution in [0.1, 0.15) is 56.4 Å². The topological polar surface area (TPSA) is 12.0 Å². The molecule has 3 rings (SSSR count). The summed E-state index contributed by atoms with van der Waals surface area (Å²) in [7, 11) is 0. The molecular weight excluding hydrogens is 289 g/mol. The maximum Gasteiger partial charge on any atom is 0.0595 e. The minimum absolute atomic E-state index is 0.589. The van der Waals surface area contributed by atoms with E-state index in [4.69, 9.17) is 23.2 Å². The average molecular weight is 312 g/mol. The van der Waals surface area contributed by atoms with Crippen LogP contribution in [-0.2, 0) is 0 Å². The zero-order chi connectivity index (χ0) is 13.9. The molecule has 20 heavy (non-hydrogen) atoms. The summed E-state index contributed by atoms with van der Waals surface area (Å²) >= 11 is 12.3. The van der Waals surface area contributed by atoms with Crippen molar-refractivity contribution in [3.63, 3.8) is 0 Å². The van der Waals surface area contributed by atoms with E-state index >= 15 is 0 Å². The van der Waals surface area contributed by atoms with Gasteiger partial charge in [-0.15, -0.1) is 0 Å². The highest BCUT2D eigenvalue weighted by Gasteiger charge is 2.28. The molecular formula is C17H23Cl2N. The molecule has 2 saturated carbocycles. The molecule has 1 atom stereocenters. The summed E-state index contributed by atoms with van der Waals surface area (Å²) in [5, 5.41) is 5.06. The Bertz CT molecular complexity index is 450. The quantitative estimate of drug-likeness (QED) is 0.766. The van der Waals surface area contributed by atoms with Crippen molar-refractivity contribution in [2.45, 2.75) is 56.9 Å². The lowest BCUT2D eigenvalue weighted by molar-refractivity contribution is 0.296. The van der Waals surface area contributed by atoms with Gasteiger partial charge in [0.15, 0.2) is 0 Å². The van der Waals surface area contributed by atoms with Gasteiger partial charge < -0.3 is 5.32 Å². The Morgan fingerprint density at radius 3 is 2.40 bits per heavy atom. The lowest BCUT2D eigenvalue weighted by Crippen LogP contribution is -2.29. The summed E-state index contributed by atoms with van der Waals surface area (Å²) in [4.78, 5) is 0. The first-order chi connectivity index (χ1) is 9.74. The van der Waals surface area contributed by atoms with Crippen LogP contribution in [0.25, 0.3) is 0 Å². The molecule has 0 heterocycles. The number of hydrogen-bond acceptors (Lipinski definition) is 1. The SMILES string of the molecule is Clc1ccc(C(CNC2CC2)C2CCCCC2)cc1Cl. The molecule has 0 aliphatic heterocycles. The normalized spacial score (nSPS) is 21.9. The van der Waals surface area contributed by atoms with Crippen LogP contribution in [-0.4, -0.2) is 12.6 Å². The third kappa shape index (κ3) is 3.69. The molecule has 0 aromatic heterocycles. The third-order valence-corrected chi connectivity index (χ3v) is 5.53. The maximum atomic E-state index is 6.22. The van der Waals surface area contributed by atoms with E-state index in [1.807, 2.05) is 6.07 Å². The van der Waals surface area contributed by atoms with Gasteiger partial charge in [-0.05, 0) is 55.2 Å². The van der Waals surface area contributed by atoms with Crippen molar-refractivity contribution in [2.75, 3.05) is 6.54 Å². The fraction of sp³-hybridized carbons (Fsp3) is 0.647. The number of halogens is 2. The van der Waals surface area contributed by atoms with Gasteiger partial charge in [-0.1, -0.05) is 48.5 Å². The Morgan fingerprint density at radius 1 is 1.00 bits per heavy atom. The molecule has 3 heteroatoms. The second-order valence-corrected chi connectivity index (χ2v) is 7.18. The van der Waals surface area contributed by atoms with Crippen LogP contribution in [0.5, 0.6) is 0 Å². The van der Waals surface area contributed by atoms with E-state index in [1.165, 1.54) is 50.5 Å². The first-order valence-electron chi connectivity index (χ1n) is 7.92. The standard InChI is InChI=1S/C17H23Cl2N/c18-16-9-6-13(10-17(16)19)15(11-20-14-7-8-14)12-4-2-1-3-5-12/h6,9-10,12,14-15,20H,1-5,7-8,11H2. The Kier molecular flexibility index (Phi) is 4.91. The van der Waals surface area contributed by atoms with E-state index in [0.29, 0.717) is 16.0 Å². The second-order valence-electron chi connectivity index (χ2n) is 6.36. The number of rotatable bonds is 5. The van der Waals surface area contributed by atoms with Crippen molar-refractivity contribution in [1.29, 1.82) is 0 Å². The van der Waals surface area contributed by atoms with Gasteiger partial charge in [-0.3, -0.25) is 0 Å². The van der Waals surface area contributed by atoms with Gasteiger partial charge in [0.05, 0.1) is 10.0 Å². The van der Waals surface area contributed by atoms with Gasteiger partial charge in [0.2, 0.25) is 0 Å². The number of nitrogens with one attached hydrogen (secondary N) is 1. The molecule has 1 unspecified atom stereocenters. The zero-order valence-corrected chi connectivity index (χ0v) is 13.4. The molecule has 2 fully saturated rings. The van der Waals surface area contributed by atoms with E-state index in [0.717, 1.165) is 18.5 Å². The van der Waals surface area contributed by atoms with E-state index < -0.39 is 0 Å². The summed E-state index contributed by atoms with van der Waals surface area (Å²) < 4.78 is 0. The van der Waals surface area contributed by atoms with Gasteiger partial charge >= 0.3 is 0 Å². The van der Waals surface area contributed by atoms with Crippen molar-refractivity contribution in [1.82, 2.24) is 5.32 Å². The lowest BCUT2D eigenvalue weighted by Gasteiger charge is -2.31. The zero-order valence-electron chi connectivity index (χ0n) is 11.9. The Balaban J connectivity index is 1.76. The van der Waals surface area contributed by atoms with Crippen molar-refractivity contribution in [2.24, 2.45) is 5.92 Å². The number of benzene rings is 1. The fourth-order valence-electron chi connectivity index (χ4n) is 3.42.